The number of ketones is 1. The summed E-state index contributed by atoms with van der Waals surface area (Å²) in [7, 11) is 0. The number of hydrogen-bond acceptors (Lipinski definition) is 4. The largest absolute Gasteiger partial charge is 0.480 e. The summed E-state index contributed by atoms with van der Waals surface area (Å²) in [4.78, 5) is 21.9. The third kappa shape index (κ3) is 3.06. The van der Waals surface area contributed by atoms with Gasteiger partial charge < -0.3 is 16.2 Å². The van der Waals surface area contributed by atoms with Gasteiger partial charge in [-0.05, 0) is 13.0 Å². The summed E-state index contributed by atoms with van der Waals surface area (Å²) >= 11 is 0. The third-order valence-corrected chi connectivity index (χ3v) is 2.02. The first-order chi connectivity index (χ1) is 7.54. The molecule has 1 atom stereocenters. The number of carbonyl (C=O) groups is 2. The van der Waals surface area contributed by atoms with Crippen molar-refractivity contribution < 1.29 is 14.7 Å². The summed E-state index contributed by atoms with van der Waals surface area (Å²) in [6, 6.07) is 6.92. The fourth-order valence-electron chi connectivity index (χ4n) is 1.12. The molecule has 1 rings (SSSR count). The summed E-state index contributed by atoms with van der Waals surface area (Å²) < 4.78 is 0. The molecule has 0 saturated heterocycles. The van der Waals surface area contributed by atoms with E-state index in [1.807, 2.05) is 0 Å². The Morgan fingerprint density at radius 3 is 2.81 bits per heavy atom. The average molecular weight is 221 g/mol. The smallest absolute Gasteiger partial charge is 0.325 e. The average Bonchev–Trinajstić information content (AvgIpc) is 2.28. The minimum Gasteiger partial charge on any atom is -0.480 e. The molecule has 4 N–H and O–H groups in total. The van der Waals surface area contributed by atoms with Gasteiger partial charge in [0.1, 0.15) is 6.04 Å². The monoisotopic (exact) mass is 221 g/mol. The Bertz CT molecular complexity index is 404. The highest BCUT2D eigenvalue weighted by Crippen LogP contribution is 2.11. The molecule has 0 aliphatic carbocycles. The van der Waals surface area contributed by atoms with Gasteiger partial charge in [0.2, 0.25) is 0 Å². The van der Waals surface area contributed by atoms with E-state index in [9.17, 15) is 9.59 Å². The summed E-state index contributed by atoms with van der Waals surface area (Å²) in [5.41, 5.74) is 6.04. The summed E-state index contributed by atoms with van der Waals surface area (Å²) in [6.45, 7) is 1.42. The first kappa shape index (κ1) is 12.2. The maximum atomic E-state index is 11.3. The number of nitrogens with one attached hydrogen (secondary N) is 1. The van der Waals surface area contributed by atoms with Crippen LogP contribution in [-0.2, 0) is 4.79 Å². The van der Waals surface area contributed by atoms with Crippen molar-refractivity contribution in [1.82, 2.24) is 0 Å². The molecule has 0 aromatic heterocycles. The normalized spacial score (nSPS) is 11.9. The van der Waals surface area contributed by atoms with Crippen LogP contribution in [0.1, 0.15) is 17.3 Å². The number of carboxylic acid groups (broad SMARTS) is 1. The van der Waals surface area contributed by atoms with Crippen LogP contribution in [0.3, 0.4) is 0 Å². The summed E-state index contributed by atoms with van der Waals surface area (Å²) in [6.07, 6.45) is 0. The Hall–Kier alpha value is -1.88. The lowest BCUT2D eigenvalue weighted by atomic mass is 10.1. The van der Waals surface area contributed by atoms with E-state index in [4.69, 9.17) is 10.8 Å². The van der Waals surface area contributed by atoms with Crippen LogP contribution in [0.15, 0.2) is 18.2 Å². The zero-order chi connectivity index (χ0) is 12.1. The minimum atomic E-state index is -0.969. The molecule has 0 aliphatic rings. The van der Waals surface area contributed by atoms with Crippen molar-refractivity contribution in [2.24, 2.45) is 5.73 Å². The van der Waals surface area contributed by atoms with E-state index >= 15 is 0 Å². The third-order valence-electron chi connectivity index (χ3n) is 2.02. The van der Waals surface area contributed by atoms with E-state index in [0.717, 1.165) is 0 Å². The van der Waals surface area contributed by atoms with Crippen LogP contribution < -0.4 is 11.1 Å². The van der Waals surface area contributed by atoms with Crippen LogP contribution in [0.2, 0.25) is 0 Å². The Balaban J connectivity index is 2.82. The number of nitrogens with two attached hydrogens (primary N) is 1. The molecule has 0 aliphatic heterocycles. The standard InChI is InChI=1S/C11H13N2O3/c1-7(11(15)16)13-9-4-2-3-8(5-9)10(14)6-12/h2-4,7,13H,6,12H2,1H3,(H,15,16). The molecule has 16 heavy (non-hydrogen) atoms. The van der Waals surface area contributed by atoms with Gasteiger partial charge in [-0.1, -0.05) is 12.1 Å². The van der Waals surface area contributed by atoms with Crippen molar-refractivity contribution >= 4 is 17.4 Å². The second kappa shape index (κ2) is 5.27. The molecule has 0 saturated carbocycles. The molecule has 85 valence electrons. The molecule has 0 bridgehead atoms. The Morgan fingerprint density at radius 2 is 2.25 bits per heavy atom. The fourth-order valence-corrected chi connectivity index (χ4v) is 1.12. The molecule has 5 nitrogen and oxygen atoms in total. The van der Waals surface area contributed by atoms with Crippen molar-refractivity contribution in [3.05, 3.63) is 29.8 Å². The number of rotatable bonds is 5. The molecule has 0 heterocycles. The van der Waals surface area contributed by atoms with Gasteiger partial charge in [-0.3, -0.25) is 9.59 Å². The predicted molar refractivity (Wildman–Crippen MR) is 59.4 cm³/mol. The van der Waals surface area contributed by atoms with E-state index in [1.54, 1.807) is 18.2 Å². The molecular formula is C11H13N2O3. The molecule has 0 spiro atoms. The van der Waals surface area contributed by atoms with Gasteiger partial charge in [0.15, 0.2) is 5.78 Å². The van der Waals surface area contributed by atoms with Crippen molar-refractivity contribution in [3.63, 3.8) is 0 Å². The minimum absolute atomic E-state index is 0.0889. The van der Waals surface area contributed by atoms with Gasteiger partial charge in [0.25, 0.3) is 0 Å². The van der Waals surface area contributed by atoms with Gasteiger partial charge in [-0.25, -0.2) is 0 Å². The maximum absolute atomic E-state index is 11.3. The number of carboxylic acids is 1. The zero-order valence-corrected chi connectivity index (χ0v) is 8.86. The lowest BCUT2D eigenvalue weighted by molar-refractivity contribution is -0.137. The first-order valence-corrected chi connectivity index (χ1v) is 4.79. The van der Waals surface area contributed by atoms with Crippen molar-refractivity contribution in [2.75, 3.05) is 11.9 Å². The van der Waals surface area contributed by atoms with E-state index in [1.165, 1.54) is 6.92 Å². The van der Waals surface area contributed by atoms with Crippen LogP contribution in [-0.4, -0.2) is 29.4 Å². The molecule has 5 heteroatoms. The number of aliphatic carboxylic acids is 1. The van der Waals surface area contributed by atoms with Gasteiger partial charge in [0, 0.05) is 17.3 Å². The highest BCUT2D eigenvalue weighted by Gasteiger charge is 2.11. The van der Waals surface area contributed by atoms with Crippen molar-refractivity contribution in [3.8, 4) is 0 Å². The lowest BCUT2D eigenvalue weighted by Crippen LogP contribution is -2.25. The highest BCUT2D eigenvalue weighted by molar-refractivity contribution is 5.98. The quantitative estimate of drug-likeness (QED) is 0.630. The van der Waals surface area contributed by atoms with Gasteiger partial charge in [-0.2, -0.15) is 0 Å². The van der Waals surface area contributed by atoms with Crippen molar-refractivity contribution in [1.29, 1.82) is 0 Å². The van der Waals surface area contributed by atoms with Crippen LogP contribution in [0.4, 0.5) is 5.69 Å². The molecule has 1 aromatic rings. The maximum Gasteiger partial charge on any atom is 0.325 e. The Morgan fingerprint density at radius 1 is 1.56 bits per heavy atom. The number of benzene rings is 1. The van der Waals surface area contributed by atoms with Gasteiger partial charge in [0.05, 0.1) is 6.54 Å². The van der Waals surface area contributed by atoms with E-state index < -0.39 is 12.0 Å². The Labute approximate surface area is 93.3 Å². The fraction of sp³-hybridized carbons (Fsp3) is 0.273. The molecule has 1 aromatic carbocycles. The molecule has 1 unspecified atom stereocenters. The summed E-state index contributed by atoms with van der Waals surface area (Å²) in [5, 5.41) is 11.4. The molecule has 1 radical (unpaired) electrons. The zero-order valence-electron chi connectivity index (χ0n) is 8.86. The number of Topliss-reactive ketones (excluding diaryl/α,β-unsaturated/α-hetero) is 1. The molecule has 0 fully saturated rings. The second-order valence-electron chi connectivity index (χ2n) is 3.31. The van der Waals surface area contributed by atoms with Gasteiger partial charge >= 0.3 is 5.97 Å². The summed E-state index contributed by atoms with van der Waals surface area (Å²) in [5.74, 6) is -1.20. The first-order valence-electron chi connectivity index (χ1n) is 4.79. The van der Waals surface area contributed by atoms with Crippen LogP contribution >= 0.6 is 0 Å². The van der Waals surface area contributed by atoms with Crippen molar-refractivity contribution in [2.45, 2.75) is 13.0 Å². The van der Waals surface area contributed by atoms with E-state index in [-0.39, 0.29) is 12.3 Å². The second-order valence-corrected chi connectivity index (χ2v) is 3.31. The Kier molecular flexibility index (Phi) is 4.02. The van der Waals surface area contributed by atoms with Crippen LogP contribution in [0.25, 0.3) is 0 Å². The lowest BCUT2D eigenvalue weighted by Gasteiger charge is -2.10. The number of carbonyl (C=O) groups excluding carboxylic acids is 1. The number of hydrogen-bond donors (Lipinski definition) is 3. The molecule has 0 amide bonds. The predicted octanol–water partition coefficient (Wildman–Crippen LogP) is 0.513. The van der Waals surface area contributed by atoms with Crippen LogP contribution in [0.5, 0.6) is 0 Å². The van der Waals surface area contributed by atoms with Gasteiger partial charge in [-0.15, -0.1) is 0 Å². The number of anilines is 1. The SMILES string of the molecule is CC(Nc1[c]c(C(=O)CN)ccc1)C(=O)O. The highest BCUT2D eigenvalue weighted by atomic mass is 16.4. The topological polar surface area (TPSA) is 92.4 Å². The molecular weight excluding hydrogens is 208 g/mol. The van der Waals surface area contributed by atoms with E-state index in [0.29, 0.717) is 11.3 Å². The van der Waals surface area contributed by atoms with Crippen LogP contribution in [0, 0.1) is 6.07 Å². The van der Waals surface area contributed by atoms with E-state index in [2.05, 4.69) is 11.4 Å².